The van der Waals surface area contributed by atoms with Crippen molar-refractivity contribution in [2.24, 2.45) is 0 Å². The van der Waals surface area contributed by atoms with Gasteiger partial charge in [0.15, 0.2) is 9.84 Å². The second-order valence-electron chi connectivity index (χ2n) is 6.03. The summed E-state index contributed by atoms with van der Waals surface area (Å²) >= 11 is 0. The molecule has 0 aliphatic heterocycles. The first-order chi connectivity index (χ1) is 12.7. The fourth-order valence-electron chi connectivity index (χ4n) is 2.58. The molecule has 2 rings (SSSR count). The topological polar surface area (TPSA) is 110 Å². The van der Waals surface area contributed by atoms with Crippen LogP contribution < -0.4 is 10.1 Å². The Balaban J connectivity index is 2.27. The van der Waals surface area contributed by atoms with E-state index >= 15 is 0 Å². The third kappa shape index (κ3) is 5.07. The molecule has 0 aromatic heterocycles. The molecule has 0 saturated carbocycles. The predicted octanol–water partition coefficient (Wildman–Crippen LogP) is 2.68. The molecule has 2 aromatic carbocycles. The van der Waals surface area contributed by atoms with Crippen LogP contribution in [0.25, 0.3) is 0 Å². The molecule has 0 saturated heterocycles. The molecule has 0 heterocycles. The number of nitrogens with one attached hydrogen (secondary N) is 1. The van der Waals surface area contributed by atoms with Gasteiger partial charge in [0.05, 0.1) is 23.6 Å². The molecule has 0 fully saturated rings. The number of hydrogen-bond acceptors (Lipinski definition) is 5. The molecule has 2 N–H and O–H groups in total. The monoisotopic (exact) mass is 391 g/mol. The SMILES string of the molecule is CCC(NC(=O)c1cc(OC)cc(C(=O)O)c1)c1ccc(S(C)(=O)=O)cc1. The molecule has 7 nitrogen and oxygen atoms in total. The normalized spacial score (nSPS) is 12.3. The van der Waals surface area contributed by atoms with E-state index in [0.717, 1.165) is 11.8 Å². The van der Waals surface area contributed by atoms with Gasteiger partial charge in [0, 0.05) is 11.8 Å². The summed E-state index contributed by atoms with van der Waals surface area (Å²) in [5.41, 5.74) is 0.864. The van der Waals surface area contributed by atoms with Crippen LogP contribution in [0, 0.1) is 0 Å². The van der Waals surface area contributed by atoms with Gasteiger partial charge in [0.25, 0.3) is 5.91 Å². The molecule has 0 bridgehead atoms. The Morgan fingerprint density at radius 3 is 2.19 bits per heavy atom. The average molecular weight is 391 g/mol. The summed E-state index contributed by atoms with van der Waals surface area (Å²) in [4.78, 5) is 24.0. The Morgan fingerprint density at radius 2 is 1.70 bits per heavy atom. The zero-order valence-electron chi connectivity index (χ0n) is 15.2. The first-order valence-electron chi connectivity index (χ1n) is 8.19. The van der Waals surface area contributed by atoms with Crippen molar-refractivity contribution in [2.45, 2.75) is 24.3 Å². The van der Waals surface area contributed by atoms with Crippen molar-refractivity contribution in [1.82, 2.24) is 5.32 Å². The highest BCUT2D eigenvalue weighted by Crippen LogP contribution is 2.22. The lowest BCUT2D eigenvalue weighted by atomic mass is 10.0. The van der Waals surface area contributed by atoms with Crippen LogP contribution in [-0.2, 0) is 9.84 Å². The summed E-state index contributed by atoms with van der Waals surface area (Å²) in [5.74, 6) is -1.34. The molecule has 0 aliphatic rings. The van der Waals surface area contributed by atoms with E-state index in [0.29, 0.717) is 6.42 Å². The molecular weight excluding hydrogens is 370 g/mol. The first kappa shape index (κ1) is 20.4. The number of amides is 1. The number of aromatic carboxylic acids is 1. The maximum Gasteiger partial charge on any atom is 0.335 e. The van der Waals surface area contributed by atoms with Crippen LogP contribution in [0.15, 0.2) is 47.4 Å². The van der Waals surface area contributed by atoms with Gasteiger partial charge in [-0.05, 0) is 42.3 Å². The van der Waals surface area contributed by atoms with Crippen LogP contribution in [0.4, 0.5) is 0 Å². The highest BCUT2D eigenvalue weighted by Gasteiger charge is 2.18. The van der Waals surface area contributed by atoms with E-state index in [1.807, 2.05) is 6.92 Å². The number of methoxy groups -OCH3 is 1. The quantitative estimate of drug-likeness (QED) is 0.751. The highest BCUT2D eigenvalue weighted by atomic mass is 32.2. The lowest BCUT2D eigenvalue weighted by molar-refractivity contribution is 0.0696. The van der Waals surface area contributed by atoms with Gasteiger partial charge in [-0.3, -0.25) is 4.79 Å². The fourth-order valence-corrected chi connectivity index (χ4v) is 3.21. The van der Waals surface area contributed by atoms with Crippen molar-refractivity contribution in [3.05, 3.63) is 59.2 Å². The van der Waals surface area contributed by atoms with Crippen LogP contribution in [-0.4, -0.2) is 38.8 Å². The van der Waals surface area contributed by atoms with E-state index in [-0.39, 0.29) is 27.8 Å². The lowest BCUT2D eigenvalue weighted by Gasteiger charge is -2.18. The summed E-state index contributed by atoms with van der Waals surface area (Å²) in [6.45, 7) is 1.88. The van der Waals surface area contributed by atoms with Gasteiger partial charge in [-0.15, -0.1) is 0 Å². The van der Waals surface area contributed by atoms with Crippen LogP contribution >= 0.6 is 0 Å². The zero-order chi connectivity index (χ0) is 20.2. The molecule has 1 unspecified atom stereocenters. The number of sulfone groups is 1. The fraction of sp³-hybridized carbons (Fsp3) is 0.263. The van der Waals surface area contributed by atoms with Gasteiger partial charge in [0.2, 0.25) is 0 Å². The maximum atomic E-state index is 12.6. The van der Waals surface area contributed by atoms with Gasteiger partial charge in [-0.2, -0.15) is 0 Å². The van der Waals surface area contributed by atoms with Crippen molar-refractivity contribution < 1.29 is 27.9 Å². The second kappa shape index (κ2) is 8.22. The van der Waals surface area contributed by atoms with Crippen molar-refractivity contribution >= 4 is 21.7 Å². The summed E-state index contributed by atoms with van der Waals surface area (Å²) in [5, 5.41) is 12.0. The molecule has 1 atom stereocenters. The molecule has 0 radical (unpaired) electrons. The third-order valence-electron chi connectivity index (χ3n) is 4.08. The number of ether oxygens (including phenoxy) is 1. The minimum Gasteiger partial charge on any atom is -0.497 e. The van der Waals surface area contributed by atoms with Crippen molar-refractivity contribution in [2.75, 3.05) is 13.4 Å². The molecule has 144 valence electrons. The number of carboxylic acid groups (broad SMARTS) is 1. The van der Waals surface area contributed by atoms with Crippen LogP contribution in [0.3, 0.4) is 0 Å². The Labute approximate surface area is 157 Å². The van der Waals surface area contributed by atoms with E-state index in [1.54, 1.807) is 12.1 Å². The summed E-state index contributed by atoms with van der Waals surface area (Å²) in [7, 11) is -1.91. The molecular formula is C19H21NO6S. The largest absolute Gasteiger partial charge is 0.497 e. The standard InChI is InChI=1S/C19H21NO6S/c1-4-17(12-5-7-16(8-6-12)27(3,24)25)20-18(21)13-9-14(19(22)23)11-15(10-13)26-2/h5-11,17H,4H2,1-3H3,(H,20,21)(H,22,23). The summed E-state index contributed by atoms with van der Waals surface area (Å²) < 4.78 is 28.2. The van der Waals surface area contributed by atoms with E-state index in [1.165, 1.54) is 37.4 Å². The number of carboxylic acids is 1. The number of carbonyl (C=O) groups is 2. The molecule has 0 spiro atoms. The smallest absolute Gasteiger partial charge is 0.335 e. The molecule has 8 heteroatoms. The molecule has 27 heavy (non-hydrogen) atoms. The Kier molecular flexibility index (Phi) is 6.22. The Bertz CT molecular complexity index is 951. The van der Waals surface area contributed by atoms with E-state index in [9.17, 15) is 23.1 Å². The van der Waals surface area contributed by atoms with E-state index < -0.39 is 21.7 Å². The number of benzene rings is 2. The summed E-state index contributed by atoms with van der Waals surface area (Å²) in [6.07, 6.45) is 1.70. The number of hydrogen-bond donors (Lipinski definition) is 2. The van der Waals surface area contributed by atoms with Gasteiger partial charge >= 0.3 is 5.97 Å². The Hall–Kier alpha value is -2.87. The van der Waals surface area contributed by atoms with Gasteiger partial charge in [0.1, 0.15) is 5.75 Å². The van der Waals surface area contributed by atoms with E-state index in [2.05, 4.69) is 5.32 Å². The lowest BCUT2D eigenvalue weighted by Crippen LogP contribution is -2.28. The average Bonchev–Trinajstić information content (AvgIpc) is 2.64. The minimum absolute atomic E-state index is 0.0509. The Morgan fingerprint density at radius 1 is 1.11 bits per heavy atom. The second-order valence-corrected chi connectivity index (χ2v) is 8.05. The highest BCUT2D eigenvalue weighted by molar-refractivity contribution is 7.90. The molecule has 1 amide bonds. The van der Waals surface area contributed by atoms with E-state index in [4.69, 9.17) is 4.74 Å². The van der Waals surface area contributed by atoms with Crippen molar-refractivity contribution in [1.29, 1.82) is 0 Å². The van der Waals surface area contributed by atoms with Crippen molar-refractivity contribution in [3.8, 4) is 5.75 Å². The zero-order valence-corrected chi connectivity index (χ0v) is 16.0. The summed E-state index contributed by atoms with van der Waals surface area (Å²) in [6, 6.07) is 10.0. The number of rotatable bonds is 7. The van der Waals surface area contributed by atoms with Crippen LogP contribution in [0.1, 0.15) is 45.7 Å². The molecule has 2 aromatic rings. The van der Waals surface area contributed by atoms with Gasteiger partial charge in [-0.1, -0.05) is 19.1 Å². The van der Waals surface area contributed by atoms with Crippen LogP contribution in [0.2, 0.25) is 0 Å². The maximum absolute atomic E-state index is 12.6. The third-order valence-corrected chi connectivity index (χ3v) is 5.20. The molecule has 0 aliphatic carbocycles. The van der Waals surface area contributed by atoms with Crippen LogP contribution in [0.5, 0.6) is 5.75 Å². The predicted molar refractivity (Wildman–Crippen MR) is 100 cm³/mol. The number of carbonyl (C=O) groups excluding carboxylic acids is 1. The first-order valence-corrected chi connectivity index (χ1v) is 10.1. The minimum atomic E-state index is -3.30. The van der Waals surface area contributed by atoms with Gasteiger partial charge < -0.3 is 15.2 Å². The van der Waals surface area contributed by atoms with Gasteiger partial charge in [-0.25, -0.2) is 13.2 Å². The van der Waals surface area contributed by atoms with Crippen molar-refractivity contribution in [3.63, 3.8) is 0 Å².